The van der Waals surface area contributed by atoms with E-state index >= 15 is 0 Å². The molecule has 16 heavy (non-hydrogen) atoms. The maximum atomic E-state index is 11.7. The van der Waals surface area contributed by atoms with E-state index < -0.39 is 9.84 Å². The number of nitrogens with zero attached hydrogens (tertiary/aromatic N) is 1. The van der Waals surface area contributed by atoms with E-state index in [1.807, 2.05) is 26.0 Å². The molecule has 1 rings (SSSR count). The quantitative estimate of drug-likeness (QED) is 0.813. The van der Waals surface area contributed by atoms with Gasteiger partial charge in [-0.15, -0.1) is 0 Å². The molecule has 4 heteroatoms. The third-order valence-electron chi connectivity index (χ3n) is 2.49. The number of hydrogen-bond donors (Lipinski definition) is 0. The Balaban J connectivity index is 2.95. The van der Waals surface area contributed by atoms with Gasteiger partial charge < -0.3 is 0 Å². The molecule has 0 aliphatic carbocycles. The van der Waals surface area contributed by atoms with Crippen molar-refractivity contribution in [1.82, 2.24) is 4.98 Å². The van der Waals surface area contributed by atoms with Crippen molar-refractivity contribution in [1.29, 1.82) is 0 Å². The maximum absolute atomic E-state index is 11.7. The minimum Gasteiger partial charge on any atom is -0.257 e. The summed E-state index contributed by atoms with van der Waals surface area (Å²) in [5, 5.41) is -0.350. The second kappa shape index (κ2) is 4.95. The molecule has 0 N–H and O–H groups in total. The number of hydrogen-bond acceptors (Lipinski definition) is 3. The first-order chi connectivity index (χ1) is 7.33. The Morgan fingerprint density at radius 3 is 2.31 bits per heavy atom. The topological polar surface area (TPSA) is 47.0 Å². The minimum absolute atomic E-state index is 0.0330. The van der Waals surface area contributed by atoms with E-state index in [9.17, 15) is 8.42 Å². The smallest absolute Gasteiger partial charge is 0.158 e. The van der Waals surface area contributed by atoms with Crippen molar-refractivity contribution in [3.63, 3.8) is 0 Å². The van der Waals surface area contributed by atoms with Gasteiger partial charge in [-0.05, 0) is 31.9 Å². The number of pyridine rings is 1. The van der Waals surface area contributed by atoms with E-state index in [0.29, 0.717) is 11.6 Å². The van der Waals surface area contributed by atoms with Crippen molar-refractivity contribution in [2.75, 3.05) is 0 Å². The molecule has 90 valence electrons. The lowest BCUT2D eigenvalue weighted by Crippen LogP contribution is -2.17. The molecule has 1 heterocycles. The van der Waals surface area contributed by atoms with Crippen LogP contribution >= 0.6 is 0 Å². The van der Waals surface area contributed by atoms with Crippen molar-refractivity contribution < 1.29 is 8.42 Å². The van der Waals surface area contributed by atoms with Gasteiger partial charge in [0.15, 0.2) is 9.84 Å². The Labute approximate surface area is 97.8 Å². The molecule has 0 bridgehead atoms. The summed E-state index contributed by atoms with van der Waals surface area (Å²) in [5.74, 6) is 0.354. The monoisotopic (exact) mass is 241 g/mol. The standard InChI is InChI=1S/C12H19NO2S/c1-9(2)12-7-5-6-11(13-12)8-16(14,15)10(3)4/h5-7,9-10H,8H2,1-4H3. The maximum Gasteiger partial charge on any atom is 0.158 e. The van der Waals surface area contributed by atoms with Crippen molar-refractivity contribution in [2.45, 2.75) is 44.6 Å². The molecule has 0 saturated heterocycles. The fraction of sp³-hybridized carbons (Fsp3) is 0.583. The Hall–Kier alpha value is -0.900. The third-order valence-corrected chi connectivity index (χ3v) is 4.62. The van der Waals surface area contributed by atoms with Gasteiger partial charge in [-0.1, -0.05) is 19.9 Å². The summed E-state index contributed by atoms with van der Waals surface area (Å²) in [6, 6.07) is 5.56. The third kappa shape index (κ3) is 3.30. The predicted octanol–water partition coefficient (Wildman–Crippen LogP) is 2.53. The molecule has 1 aromatic heterocycles. The zero-order valence-electron chi connectivity index (χ0n) is 10.3. The Morgan fingerprint density at radius 2 is 1.81 bits per heavy atom. The molecule has 0 atom stereocenters. The van der Waals surface area contributed by atoms with Gasteiger partial charge in [0.25, 0.3) is 0 Å². The Kier molecular flexibility index (Phi) is 4.08. The van der Waals surface area contributed by atoms with Crippen LogP contribution in [0.1, 0.15) is 45.0 Å². The molecule has 0 amide bonds. The van der Waals surface area contributed by atoms with Crippen LogP contribution < -0.4 is 0 Å². The van der Waals surface area contributed by atoms with Crippen LogP contribution in [0.2, 0.25) is 0 Å². The van der Waals surface area contributed by atoms with Gasteiger partial charge >= 0.3 is 0 Å². The van der Waals surface area contributed by atoms with Crippen molar-refractivity contribution in [2.24, 2.45) is 0 Å². The van der Waals surface area contributed by atoms with Gasteiger partial charge in [-0.3, -0.25) is 4.98 Å². The molecular formula is C12H19NO2S. The Morgan fingerprint density at radius 1 is 1.19 bits per heavy atom. The fourth-order valence-corrected chi connectivity index (χ4v) is 2.18. The number of sulfone groups is 1. The lowest BCUT2D eigenvalue weighted by Gasteiger charge is -2.09. The van der Waals surface area contributed by atoms with Crippen molar-refractivity contribution >= 4 is 9.84 Å². The highest BCUT2D eigenvalue weighted by atomic mass is 32.2. The second-order valence-corrected chi connectivity index (χ2v) is 7.12. The lowest BCUT2D eigenvalue weighted by atomic mass is 10.1. The van der Waals surface area contributed by atoms with Crippen LogP contribution in [0, 0.1) is 0 Å². The predicted molar refractivity (Wildman–Crippen MR) is 66.1 cm³/mol. The minimum atomic E-state index is -3.06. The summed E-state index contributed by atoms with van der Waals surface area (Å²) in [4.78, 5) is 4.36. The van der Waals surface area contributed by atoms with Crippen LogP contribution in [-0.4, -0.2) is 18.7 Å². The first-order valence-electron chi connectivity index (χ1n) is 5.50. The molecule has 0 spiro atoms. The van der Waals surface area contributed by atoms with Gasteiger partial charge in [-0.25, -0.2) is 8.42 Å². The van der Waals surface area contributed by atoms with Crippen LogP contribution in [0.4, 0.5) is 0 Å². The summed E-state index contributed by atoms with van der Waals surface area (Å²) >= 11 is 0. The second-order valence-electron chi connectivity index (χ2n) is 4.56. The summed E-state index contributed by atoms with van der Waals surface area (Å²) in [6.45, 7) is 7.48. The van der Waals surface area contributed by atoms with Gasteiger partial charge in [0, 0.05) is 5.69 Å². The average molecular weight is 241 g/mol. The van der Waals surface area contributed by atoms with Crippen LogP contribution in [0.15, 0.2) is 18.2 Å². The lowest BCUT2D eigenvalue weighted by molar-refractivity contribution is 0.585. The summed E-state index contributed by atoms with van der Waals surface area (Å²) in [7, 11) is -3.06. The summed E-state index contributed by atoms with van der Waals surface area (Å²) < 4.78 is 23.5. The van der Waals surface area contributed by atoms with Crippen LogP contribution in [-0.2, 0) is 15.6 Å². The van der Waals surface area contributed by atoms with E-state index in [1.54, 1.807) is 19.9 Å². The van der Waals surface area contributed by atoms with Gasteiger partial charge in [-0.2, -0.15) is 0 Å². The first kappa shape index (κ1) is 13.2. The van der Waals surface area contributed by atoms with E-state index in [-0.39, 0.29) is 11.0 Å². The molecular weight excluding hydrogens is 222 g/mol. The average Bonchev–Trinajstić information content (AvgIpc) is 2.17. The number of rotatable bonds is 4. The van der Waals surface area contributed by atoms with Gasteiger partial charge in [0.1, 0.15) is 0 Å². The highest BCUT2D eigenvalue weighted by Gasteiger charge is 2.17. The van der Waals surface area contributed by atoms with Gasteiger partial charge in [0.2, 0.25) is 0 Å². The Bertz CT molecular complexity index is 450. The molecule has 3 nitrogen and oxygen atoms in total. The van der Waals surface area contributed by atoms with Crippen molar-refractivity contribution in [3.05, 3.63) is 29.6 Å². The molecule has 0 aliphatic heterocycles. The zero-order chi connectivity index (χ0) is 12.3. The van der Waals surface area contributed by atoms with Crippen LogP contribution in [0.5, 0.6) is 0 Å². The zero-order valence-corrected chi connectivity index (χ0v) is 11.1. The first-order valence-corrected chi connectivity index (χ1v) is 7.22. The molecule has 0 fully saturated rings. The molecule has 0 radical (unpaired) electrons. The molecule has 0 saturated carbocycles. The largest absolute Gasteiger partial charge is 0.257 e. The molecule has 0 aliphatic rings. The van der Waals surface area contributed by atoms with E-state index in [2.05, 4.69) is 4.98 Å². The van der Waals surface area contributed by atoms with E-state index in [0.717, 1.165) is 5.69 Å². The van der Waals surface area contributed by atoms with Crippen LogP contribution in [0.25, 0.3) is 0 Å². The molecule has 0 unspecified atom stereocenters. The van der Waals surface area contributed by atoms with Gasteiger partial charge in [0.05, 0.1) is 16.7 Å². The molecule has 0 aromatic carbocycles. The van der Waals surface area contributed by atoms with E-state index in [4.69, 9.17) is 0 Å². The number of aromatic nitrogens is 1. The summed E-state index contributed by atoms with van der Waals surface area (Å²) in [6.07, 6.45) is 0. The van der Waals surface area contributed by atoms with E-state index in [1.165, 1.54) is 0 Å². The SMILES string of the molecule is CC(C)c1cccc(CS(=O)(=O)C(C)C)n1. The van der Waals surface area contributed by atoms with Crippen LogP contribution in [0.3, 0.4) is 0 Å². The normalized spacial score (nSPS) is 12.4. The van der Waals surface area contributed by atoms with Crippen molar-refractivity contribution in [3.8, 4) is 0 Å². The fourth-order valence-electron chi connectivity index (χ4n) is 1.27. The molecule has 1 aromatic rings. The summed E-state index contributed by atoms with van der Waals surface area (Å²) in [5.41, 5.74) is 1.58. The highest BCUT2D eigenvalue weighted by molar-refractivity contribution is 7.91. The highest BCUT2D eigenvalue weighted by Crippen LogP contribution is 2.14.